The lowest BCUT2D eigenvalue weighted by molar-refractivity contribution is -0.132. The fourth-order valence-corrected chi connectivity index (χ4v) is 5.36. The molecule has 1 fully saturated rings. The maximum Gasteiger partial charge on any atom is 0.237 e. The van der Waals surface area contributed by atoms with Crippen molar-refractivity contribution in [1.82, 2.24) is 20.1 Å². The summed E-state index contributed by atoms with van der Waals surface area (Å²) in [6, 6.07) is 18.9. The van der Waals surface area contributed by atoms with E-state index in [0.717, 1.165) is 33.4 Å². The maximum absolute atomic E-state index is 13.6. The number of hydrogen-bond acceptors (Lipinski definition) is 4. The van der Waals surface area contributed by atoms with Gasteiger partial charge in [-0.25, -0.2) is 0 Å². The number of hydrogen-bond donors (Lipinski definition) is 2. The molecule has 158 valence electrons. The first-order chi connectivity index (χ1) is 15.7. The first-order valence-corrected chi connectivity index (χ1v) is 10.7. The fourth-order valence-electron chi connectivity index (χ4n) is 5.36. The van der Waals surface area contributed by atoms with Crippen LogP contribution in [0.2, 0.25) is 0 Å². The molecule has 2 amide bonds. The average molecular weight is 423 g/mol. The molecule has 2 aliphatic heterocycles. The van der Waals surface area contributed by atoms with E-state index in [-0.39, 0.29) is 18.2 Å². The van der Waals surface area contributed by atoms with Crippen molar-refractivity contribution in [2.24, 2.45) is 0 Å². The van der Waals surface area contributed by atoms with E-state index in [2.05, 4.69) is 20.5 Å². The highest BCUT2D eigenvalue weighted by Gasteiger charge is 2.59. The Morgan fingerprint density at radius 3 is 2.81 bits per heavy atom. The summed E-state index contributed by atoms with van der Waals surface area (Å²) in [4.78, 5) is 33.2. The number of nitrogens with one attached hydrogen (secondary N) is 2. The number of nitrogens with zero attached hydrogens (tertiary/aromatic N) is 3. The minimum absolute atomic E-state index is 0.0395. The van der Waals surface area contributed by atoms with Crippen molar-refractivity contribution < 1.29 is 9.59 Å². The quantitative estimate of drug-likeness (QED) is 0.529. The second-order valence-electron chi connectivity index (χ2n) is 8.39. The molecule has 1 saturated heterocycles. The molecule has 7 nitrogen and oxygen atoms in total. The van der Waals surface area contributed by atoms with Gasteiger partial charge in [0.1, 0.15) is 5.41 Å². The summed E-state index contributed by atoms with van der Waals surface area (Å²) in [5, 5.41) is 11.3. The Balaban J connectivity index is 1.43. The third-order valence-corrected chi connectivity index (χ3v) is 6.78. The largest absolute Gasteiger partial charge is 0.334 e. The van der Waals surface area contributed by atoms with Crippen molar-refractivity contribution >= 4 is 28.4 Å². The van der Waals surface area contributed by atoms with Gasteiger partial charge in [0.15, 0.2) is 0 Å². The second-order valence-corrected chi connectivity index (χ2v) is 8.39. The number of anilines is 1. The summed E-state index contributed by atoms with van der Waals surface area (Å²) in [6.45, 7) is 0.492. The Bertz CT molecular complexity index is 1350. The SMILES string of the molecule is O=C(Cc1[nH]nc2ccccc12)N1CCC2(C(=O)Nc3ccccc32)C1c1cccnc1. The number of carbonyl (C=O) groups is 2. The number of fused-ring (bicyclic) bond motifs is 3. The Labute approximate surface area is 184 Å². The molecule has 2 aliphatic rings. The lowest BCUT2D eigenvalue weighted by atomic mass is 9.73. The molecule has 4 aromatic rings. The number of rotatable bonds is 3. The van der Waals surface area contributed by atoms with Gasteiger partial charge in [-0.1, -0.05) is 42.5 Å². The highest BCUT2D eigenvalue weighted by molar-refractivity contribution is 6.07. The number of para-hydroxylation sites is 2. The monoisotopic (exact) mass is 423 g/mol. The first kappa shape index (κ1) is 18.7. The van der Waals surface area contributed by atoms with Gasteiger partial charge in [0, 0.05) is 30.0 Å². The van der Waals surface area contributed by atoms with Crippen LogP contribution in [0.15, 0.2) is 73.1 Å². The minimum Gasteiger partial charge on any atom is -0.334 e. The molecule has 0 saturated carbocycles. The molecule has 2 unspecified atom stereocenters. The van der Waals surface area contributed by atoms with Crippen LogP contribution in [0.1, 0.15) is 29.3 Å². The number of benzene rings is 2. The minimum atomic E-state index is -0.828. The van der Waals surface area contributed by atoms with Gasteiger partial charge in [0.2, 0.25) is 11.8 Å². The summed E-state index contributed by atoms with van der Waals surface area (Å²) >= 11 is 0. The Morgan fingerprint density at radius 1 is 1.09 bits per heavy atom. The van der Waals surface area contributed by atoms with Gasteiger partial charge in [0.05, 0.1) is 23.7 Å². The van der Waals surface area contributed by atoms with E-state index in [9.17, 15) is 9.59 Å². The smallest absolute Gasteiger partial charge is 0.237 e. The molecule has 1 spiro atoms. The van der Waals surface area contributed by atoms with Gasteiger partial charge in [-0.15, -0.1) is 0 Å². The van der Waals surface area contributed by atoms with Crippen LogP contribution in [-0.2, 0) is 21.4 Å². The van der Waals surface area contributed by atoms with Crippen molar-refractivity contribution in [3.8, 4) is 0 Å². The summed E-state index contributed by atoms with van der Waals surface area (Å²) < 4.78 is 0. The molecular formula is C25H21N5O2. The molecule has 0 radical (unpaired) electrons. The zero-order valence-corrected chi connectivity index (χ0v) is 17.3. The van der Waals surface area contributed by atoms with Crippen LogP contribution < -0.4 is 5.32 Å². The van der Waals surface area contributed by atoms with Crippen molar-refractivity contribution in [2.75, 3.05) is 11.9 Å². The molecule has 7 heteroatoms. The summed E-state index contributed by atoms with van der Waals surface area (Å²) in [5.41, 5.74) is 3.42. The van der Waals surface area contributed by atoms with E-state index in [1.165, 1.54) is 0 Å². The Hall–Kier alpha value is -4.00. The third kappa shape index (κ3) is 2.60. The van der Waals surface area contributed by atoms with Crippen LogP contribution in [0.3, 0.4) is 0 Å². The topological polar surface area (TPSA) is 91.0 Å². The third-order valence-electron chi connectivity index (χ3n) is 6.78. The van der Waals surface area contributed by atoms with Crippen LogP contribution in [0.5, 0.6) is 0 Å². The predicted molar refractivity (Wildman–Crippen MR) is 120 cm³/mol. The van der Waals surface area contributed by atoms with Gasteiger partial charge in [-0.2, -0.15) is 5.10 Å². The molecule has 2 N–H and O–H groups in total. The lowest BCUT2D eigenvalue weighted by Gasteiger charge is -2.34. The van der Waals surface area contributed by atoms with Gasteiger partial charge in [-0.05, 0) is 35.7 Å². The number of aromatic nitrogens is 3. The summed E-state index contributed by atoms with van der Waals surface area (Å²) in [7, 11) is 0. The number of pyridine rings is 1. The highest BCUT2D eigenvalue weighted by Crippen LogP contribution is 2.54. The predicted octanol–water partition coefficient (Wildman–Crippen LogP) is 3.36. The van der Waals surface area contributed by atoms with Crippen molar-refractivity contribution in [2.45, 2.75) is 24.3 Å². The number of amides is 2. The van der Waals surface area contributed by atoms with Crippen LogP contribution in [0.25, 0.3) is 10.9 Å². The van der Waals surface area contributed by atoms with Crippen LogP contribution in [0.4, 0.5) is 5.69 Å². The zero-order chi connectivity index (χ0) is 21.7. The lowest BCUT2D eigenvalue weighted by Crippen LogP contribution is -2.43. The van der Waals surface area contributed by atoms with E-state index in [1.807, 2.05) is 65.6 Å². The highest BCUT2D eigenvalue weighted by atomic mass is 16.2. The summed E-state index contributed by atoms with van der Waals surface area (Å²) in [5.74, 6) is -0.0999. The molecule has 32 heavy (non-hydrogen) atoms. The van der Waals surface area contributed by atoms with E-state index in [1.54, 1.807) is 12.4 Å². The fraction of sp³-hybridized carbons (Fsp3) is 0.200. The van der Waals surface area contributed by atoms with Gasteiger partial charge >= 0.3 is 0 Å². The van der Waals surface area contributed by atoms with Crippen molar-refractivity contribution in [3.05, 3.63) is 89.9 Å². The molecule has 6 rings (SSSR count). The summed E-state index contributed by atoms with van der Waals surface area (Å²) in [6.07, 6.45) is 4.22. The number of likely N-dealkylation sites (tertiary alicyclic amines) is 1. The van der Waals surface area contributed by atoms with Crippen LogP contribution >= 0.6 is 0 Å². The molecule has 2 aromatic heterocycles. The first-order valence-electron chi connectivity index (χ1n) is 10.7. The number of aromatic amines is 1. The zero-order valence-electron chi connectivity index (χ0n) is 17.3. The maximum atomic E-state index is 13.6. The van der Waals surface area contributed by atoms with Gasteiger partial charge in [0.25, 0.3) is 0 Å². The van der Waals surface area contributed by atoms with Crippen molar-refractivity contribution in [3.63, 3.8) is 0 Å². The van der Waals surface area contributed by atoms with E-state index in [4.69, 9.17) is 0 Å². The van der Waals surface area contributed by atoms with Gasteiger partial charge in [-0.3, -0.25) is 19.7 Å². The Morgan fingerprint density at radius 2 is 1.94 bits per heavy atom. The van der Waals surface area contributed by atoms with E-state index >= 15 is 0 Å². The average Bonchev–Trinajstić information content (AvgIpc) is 3.50. The molecule has 2 atom stereocenters. The van der Waals surface area contributed by atoms with Crippen molar-refractivity contribution in [1.29, 1.82) is 0 Å². The normalized spacial score (nSPS) is 21.8. The Kier molecular flexibility index (Phi) is 4.11. The van der Waals surface area contributed by atoms with Crippen LogP contribution in [0, 0.1) is 0 Å². The molecule has 2 aromatic carbocycles. The second kappa shape index (κ2) is 7.02. The number of carbonyl (C=O) groups excluding carboxylic acids is 2. The molecule has 0 aliphatic carbocycles. The van der Waals surface area contributed by atoms with Gasteiger partial charge < -0.3 is 10.2 Å². The van der Waals surface area contributed by atoms with E-state index in [0.29, 0.717) is 13.0 Å². The van der Waals surface area contributed by atoms with Crippen LogP contribution in [-0.4, -0.2) is 38.4 Å². The number of H-pyrrole nitrogens is 1. The van der Waals surface area contributed by atoms with E-state index < -0.39 is 11.5 Å². The molecule has 0 bridgehead atoms. The standard InChI is InChI=1S/C25H21N5O2/c31-22(14-21-17-7-1-3-9-19(17)28-29-21)30-13-11-25(23(30)16-6-5-12-26-15-16)18-8-2-4-10-20(18)27-24(25)32/h1-10,12,15,23H,11,13-14H2,(H,27,32)(H,28,29). The molecular weight excluding hydrogens is 402 g/mol. The molecule has 4 heterocycles.